The lowest BCUT2D eigenvalue weighted by molar-refractivity contribution is -0.134. The molecule has 3 rings (SSSR count). The molecule has 0 spiro atoms. The fraction of sp³-hybridized carbons (Fsp3) is 0.882. The van der Waals surface area contributed by atoms with Gasteiger partial charge in [-0.3, -0.25) is 10.1 Å². The van der Waals surface area contributed by atoms with Gasteiger partial charge in [0.2, 0.25) is 5.91 Å². The van der Waals surface area contributed by atoms with Crippen LogP contribution >= 0.6 is 12.4 Å². The number of halogens is 3. The molecule has 0 aromatic rings. The minimum atomic E-state index is -2.79. The summed E-state index contributed by atoms with van der Waals surface area (Å²) in [7, 11) is 0. The Morgan fingerprint density at radius 1 is 0.962 bits per heavy atom. The van der Waals surface area contributed by atoms with Gasteiger partial charge in [0.1, 0.15) is 0 Å². The summed E-state index contributed by atoms with van der Waals surface area (Å²) in [5, 5.41) is 8.63. The number of hydrogen-bond acceptors (Lipinski definition) is 3. The standard InChI is InChI=1S/C17H28F2N4O2.ClH/c18-17(19)10-14(20-11-17)15(24)23-8-6-13(7-9-23)22-16(25)21-12-4-2-1-3-5-12;/h12-14,20H,1-11H2,(H2,21,22,25);1H. The molecule has 1 atom stereocenters. The Bertz CT molecular complexity index is 495. The number of hydrogen-bond donors (Lipinski definition) is 3. The van der Waals surface area contributed by atoms with Crippen molar-refractivity contribution in [2.45, 2.75) is 75.4 Å². The van der Waals surface area contributed by atoms with Crippen molar-refractivity contribution in [2.75, 3.05) is 19.6 Å². The van der Waals surface area contributed by atoms with Gasteiger partial charge in [-0.15, -0.1) is 12.4 Å². The van der Waals surface area contributed by atoms with E-state index >= 15 is 0 Å². The van der Waals surface area contributed by atoms with Crippen molar-refractivity contribution in [3.63, 3.8) is 0 Å². The summed E-state index contributed by atoms with van der Waals surface area (Å²) in [6, 6.07) is -0.612. The van der Waals surface area contributed by atoms with Crippen LogP contribution in [-0.4, -0.2) is 60.5 Å². The van der Waals surface area contributed by atoms with E-state index in [1.54, 1.807) is 4.90 Å². The third kappa shape index (κ3) is 5.67. The number of piperidine rings is 1. The van der Waals surface area contributed by atoms with E-state index in [4.69, 9.17) is 0 Å². The molecule has 6 nitrogen and oxygen atoms in total. The molecule has 3 aliphatic rings. The van der Waals surface area contributed by atoms with E-state index < -0.39 is 24.9 Å². The van der Waals surface area contributed by atoms with E-state index in [1.807, 2.05) is 0 Å². The first kappa shape index (κ1) is 21.2. The molecule has 1 saturated carbocycles. The fourth-order valence-corrected chi connectivity index (χ4v) is 4.01. The number of urea groups is 1. The van der Waals surface area contributed by atoms with Gasteiger partial charge in [-0.1, -0.05) is 19.3 Å². The SMILES string of the molecule is Cl.O=C(NC1CCCCC1)NC1CCN(C(=O)C2CC(F)(F)CN2)CC1. The number of likely N-dealkylation sites (tertiary alicyclic amines) is 1. The molecule has 3 amide bonds. The van der Waals surface area contributed by atoms with Gasteiger partial charge in [-0.05, 0) is 25.7 Å². The molecule has 150 valence electrons. The summed E-state index contributed by atoms with van der Waals surface area (Å²) in [6.45, 7) is 0.566. The minimum Gasteiger partial charge on any atom is -0.341 e. The number of carbonyl (C=O) groups excluding carboxylic acids is 2. The Balaban J connectivity index is 0.00000243. The van der Waals surface area contributed by atoms with Crippen LogP contribution < -0.4 is 16.0 Å². The first-order valence-electron chi connectivity index (χ1n) is 9.40. The molecule has 2 aliphatic heterocycles. The molecule has 2 saturated heterocycles. The van der Waals surface area contributed by atoms with E-state index in [-0.39, 0.29) is 36.4 Å². The Labute approximate surface area is 159 Å². The number of nitrogens with zero attached hydrogens (tertiary/aromatic N) is 1. The number of rotatable bonds is 3. The zero-order chi connectivity index (χ0) is 17.9. The molecule has 3 N–H and O–H groups in total. The monoisotopic (exact) mass is 394 g/mol. The lowest BCUT2D eigenvalue weighted by Crippen LogP contribution is -2.53. The van der Waals surface area contributed by atoms with Crippen LogP contribution in [0.3, 0.4) is 0 Å². The lowest BCUT2D eigenvalue weighted by atomic mass is 9.96. The maximum atomic E-state index is 13.2. The highest BCUT2D eigenvalue weighted by Crippen LogP contribution is 2.26. The Hall–Kier alpha value is -1.15. The van der Waals surface area contributed by atoms with Gasteiger partial charge in [0.05, 0.1) is 12.6 Å². The molecule has 0 radical (unpaired) electrons. The molecule has 0 aromatic carbocycles. The number of nitrogens with one attached hydrogen (secondary N) is 3. The minimum absolute atomic E-state index is 0. The van der Waals surface area contributed by atoms with Crippen LogP contribution in [0.1, 0.15) is 51.4 Å². The Morgan fingerprint density at radius 3 is 2.08 bits per heavy atom. The maximum Gasteiger partial charge on any atom is 0.315 e. The van der Waals surface area contributed by atoms with Crippen molar-refractivity contribution >= 4 is 24.3 Å². The van der Waals surface area contributed by atoms with Crippen LogP contribution in [0.25, 0.3) is 0 Å². The number of carbonyl (C=O) groups is 2. The van der Waals surface area contributed by atoms with Crippen LogP contribution in [0.4, 0.5) is 13.6 Å². The van der Waals surface area contributed by atoms with Gasteiger partial charge < -0.3 is 15.5 Å². The van der Waals surface area contributed by atoms with Crippen LogP contribution in [0.2, 0.25) is 0 Å². The van der Waals surface area contributed by atoms with Crippen LogP contribution in [0.15, 0.2) is 0 Å². The van der Waals surface area contributed by atoms with E-state index in [2.05, 4.69) is 16.0 Å². The summed E-state index contributed by atoms with van der Waals surface area (Å²) < 4.78 is 26.5. The van der Waals surface area contributed by atoms with E-state index in [0.29, 0.717) is 25.9 Å². The first-order valence-corrected chi connectivity index (χ1v) is 9.40. The molecule has 9 heteroatoms. The average molecular weight is 395 g/mol. The fourth-order valence-electron chi connectivity index (χ4n) is 4.01. The Morgan fingerprint density at radius 2 is 1.54 bits per heavy atom. The average Bonchev–Trinajstić information content (AvgIpc) is 2.96. The third-order valence-corrected chi connectivity index (χ3v) is 5.49. The topological polar surface area (TPSA) is 73.5 Å². The second-order valence-corrected chi connectivity index (χ2v) is 7.55. The van der Waals surface area contributed by atoms with Crippen LogP contribution in [0.5, 0.6) is 0 Å². The molecule has 1 aliphatic carbocycles. The zero-order valence-corrected chi connectivity index (χ0v) is 15.8. The lowest BCUT2D eigenvalue weighted by Gasteiger charge is -2.34. The van der Waals surface area contributed by atoms with Gasteiger partial charge in [0.15, 0.2) is 0 Å². The molecule has 0 bridgehead atoms. The van der Waals surface area contributed by atoms with Crippen molar-refractivity contribution in [2.24, 2.45) is 0 Å². The molecule has 2 heterocycles. The highest BCUT2D eigenvalue weighted by molar-refractivity contribution is 5.85. The summed E-state index contributed by atoms with van der Waals surface area (Å²) in [6.07, 6.45) is 6.56. The quantitative estimate of drug-likeness (QED) is 0.685. The first-order chi connectivity index (χ1) is 11.9. The molecular formula is C17H29ClF2N4O2. The molecule has 0 aromatic heterocycles. The normalized spacial score (nSPS) is 26.8. The Kier molecular flexibility index (Phi) is 7.46. The third-order valence-electron chi connectivity index (χ3n) is 5.49. The van der Waals surface area contributed by atoms with Gasteiger partial charge in [-0.2, -0.15) is 0 Å². The maximum absolute atomic E-state index is 13.2. The molecule has 1 unspecified atom stereocenters. The van der Waals surface area contributed by atoms with Crippen LogP contribution in [-0.2, 0) is 4.79 Å². The second kappa shape index (κ2) is 9.17. The number of amides is 3. The van der Waals surface area contributed by atoms with E-state index in [0.717, 1.165) is 12.8 Å². The van der Waals surface area contributed by atoms with Crippen molar-refractivity contribution in [3.05, 3.63) is 0 Å². The van der Waals surface area contributed by atoms with Gasteiger partial charge in [0, 0.05) is 31.6 Å². The van der Waals surface area contributed by atoms with Crippen molar-refractivity contribution in [3.8, 4) is 0 Å². The number of alkyl halides is 2. The summed E-state index contributed by atoms with van der Waals surface area (Å²) in [5.74, 6) is -3.04. The van der Waals surface area contributed by atoms with Crippen molar-refractivity contribution < 1.29 is 18.4 Å². The second-order valence-electron chi connectivity index (χ2n) is 7.55. The highest BCUT2D eigenvalue weighted by atomic mass is 35.5. The van der Waals surface area contributed by atoms with E-state index in [1.165, 1.54) is 19.3 Å². The predicted molar refractivity (Wildman–Crippen MR) is 96.7 cm³/mol. The zero-order valence-electron chi connectivity index (χ0n) is 14.9. The van der Waals surface area contributed by atoms with Crippen LogP contribution in [0, 0.1) is 0 Å². The van der Waals surface area contributed by atoms with Gasteiger partial charge in [-0.25, -0.2) is 13.6 Å². The largest absolute Gasteiger partial charge is 0.341 e. The predicted octanol–water partition coefficient (Wildman–Crippen LogP) is 2.03. The molecule has 3 fully saturated rings. The summed E-state index contributed by atoms with van der Waals surface area (Å²) in [4.78, 5) is 26.0. The molecule has 26 heavy (non-hydrogen) atoms. The highest BCUT2D eigenvalue weighted by Gasteiger charge is 2.43. The smallest absolute Gasteiger partial charge is 0.315 e. The van der Waals surface area contributed by atoms with Gasteiger partial charge >= 0.3 is 6.03 Å². The summed E-state index contributed by atoms with van der Waals surface area (Å²) >= 11 is 0. The van der Waals surface area contributed by atoms with Gasteiger partial charge in [0.25, 0.3) is 5.92 Å². The van der Waals surface area contributed by atoms with E-state index in [9.17, 15) is 18.4 Å². The molecular weight excluding hydrogens is 366 g/mol. The van der Waals surface area contributed by atoms with Crippen molar-refractivity contribution in [1.29, 1.82) is 0 Å². The van der Waals surface area contributed by atoms with Crippen molar-refractivity contribution in [1.82, 2.24) is 20.9 Å². The summed E-state index contributed by atoms with van der Waals surface area (Å²) in [5.41, 5.74) is 0.